The van der Waals surface area contributed by atoms with Crippen LogP contribution in [-0.2, 0) is 11.5 Å². The second kappa shape index (κ2) is 7.70. The maximum atomic E-state index is 8.32. The van der Waals surface area contributed by atoms with E-state index in [1.54, 1.807) is 0 Å². The quantitative estimate of drug-likeness (QED) is 0.597. The van der Waals surface area contributed by atoms with E-state index < -0.39 is 11.5 Å². The van der Waals surface area contributed by atoms with Gasteiger partial charge in [-0.25, -0.2) is 0 Å². The third-order valence-electron chi connectivity index (χ3n) is 3.61. The van der Waals surface area contributed by atoms with Crippen molar-refractivity contribution >= 4 is 11.8 Å². The van der Waals surface area contributed by atoms with Crippen LogP contribution in [0.4, 0.5) is 0 Å². The van der Waals surface area contributed by atoms with E-state index in [1.807, 2.05) is 24.3 Å². The molecule has 21 heavy (non-hydrogen) atoms. The lowest BCUT2D eigenvalue weighted by molar-refractivity contribution is 0.866. The van der Waals surface area contributed by atoms with Crippen molar-refractivity contribution in [2.24, 2.45) is 0 Å². The number of rotatable bonds is 6. The minimum absolute atomic E-state index is 0.427. The molecule has 0 aliphatic rings. The van der Waals surface area contributed by atoms with Gasteiger partial charge in [0.25, 0.3) is 0 Å². The fourth-order valence-corrected chi connectivity index (χ4v) is 2.81. The van der Waals surface area contributed by atoms with Crippen LogP contribution in [-0.4, -0.2) is 0 Å². The molecule has 2 unspecified atom stereocenters. The van der Waals surface area contributed by atoms with E-state index >= 15 is 0 Å². The highest BCUT2D eigenvalue weighted by atomic mass is 32.2. The van der Waals surface area contributed by atoms with Crippen molar-refractivity contribution in [3.05, 3.63) is 70.8 Å². The van der Waals surface area contributed by atoms with Crippen LogP contribution < -0.4 is 0 Å². The highest BCUT2D eigenvalue weighted by molar-refractivity contribution is 7.97. The minimum atomic E-state index is -0.427. The van der Waals surface area contributed by atoms with E-state index in [1.165, 1.54) is 22.9 Å². The molecular formula is C20H26S. The maximum absolute atomic E-state index is 8.32. The predicted octanol–water partition coefficient (Wildman–Crippen LogP) is 6.37. The highest BCUT2D eigenvalue weighted by Crippen LogP contribution is 2.22. The molecule has 0 aliphatic heterocycles. The van der Waals surface area contributed by atoms with E-state index in [2.05, 4.69) is 52.0 Å². The Labute approximate surface area is 136 Å². The largest absolute Gasteiger partial charge is 0.152 e. The highest BCUT2D eigenvalue weighted by Gasteiger charge is 2.01. The average molecular weight is 301 g/mol. The first-order valence-corrected chi connectivity index (χ1v) is 8.52. The molecule has 0 N–H and O–H groups in total. The SMILES string of the molecule is [2H]C(SC([2H])c1ccc(C(C)C)cc1)c1ccc(C(C)C)cc1. The summed E-state index contributed by atoms with van der Waals surface area (Å²) in [5.74, 6) is 1.01. The Morgan fingerprint density at radius 1 is 0.714 bits per heavy atom. The van der Waals surface area contributed by atoms with Crippen LogP contribution in [0.15, 0.2) is 48.5 Å². The first-order valence-electron chi connectivity index (χ1n) is 8.73. The van der Waals surface area contributed by atoms with Crippen LogP contribution in [0, 0.1) is 0 Å². The van der Waals surface area contributed by atoms with Gasteiger partial charge in [-0.1, -0.05) is 76.2 Å². The third-order valence-corrected chi connectivity index (χ3v) is 4.43. The van der Waals surface area contributed by atoms with Gasteiger partial charge < -0.3 is 0 Å². The Kier molecular flexibility index (Phi) is 4.93. The Hall–Kier alpha value is -1.21. The van der Waals surface area contributed by atoms with Crippen LogP contribution in [0.2, 0.25) is 0 Å². The van der Waals surface area contributed by atoms with Crippen LogP contribution in [0.5, 0.6) is 0 Å². The van der Waals surface area contributed by atoms with Gasteiger partial charge in [0, 0.05) is 14.2 Å². The number of hydrogen-bond acceptors (Lipinski definition) is 1. The fraction of sp³-hybridized carbons (Fsp3) is 0.400. The smallest absolute Gasteiger partial charge is 0.0431 e. The molecule has 0 heterocycles. The van der Waals surface area contributed by atoms with Crippen molar-refractivity contribution in [1.82, 2.24) is 0 Å². The zero-order chi connectivity index (χ0) is 17.0. The lowest BCUT2D eigenvalue weighted by atomic mass is 10.0. The molecule has 0 saturated heterocycles. The fourth-order valence-electron chi connectivity index (χ4n) is 2.11. The summed E-state index contributed by atoms with van der Waals surface area (Å²) in [6, 6.07) is 16.5. The van der Waals surface area contributed by atoms with Gasteiger partial charge in [0.2, 0.25) is 0 Å². The van der Waals surface area contributed by atoms with Crippen molar-refractivity contribution in [3.63, 3.8) is 0 Å². The molecule has 2 atom stereocenters. The van der Waals surface area contributed by atoms with Gasteiger partial charge in [0.15, 0.2) is 0 Å². The first kappa shape index (κ1) is 13.5. The van der Waals surface area contributed by atoms with Crippen LogP contribution >= 0.6 is 11.8 Å². The molecule has 0 amide bonds. The van der Waals surface area contributed by atoms with Crippen molar-refractivity contribution in [2.75, 3.05) is 0 Å². The predicted molar refractivity (Wildman–Crippen MR) is 96.1 cm³/mol. The summed E-state index contributed by atoms with van der Waals surface area (Å²) in [6.07, 6.45) is 0. The second-order valence-electron chi connectivity index (χ2n) is 6.01. The molecule has 0 radical (unpaired) electrons. The van der Waals surface area contributed by atoms with E-state index in [0.29, 0.717) is 11.8 Å². The van der Waals surface area contributed by atoms with Crippen LogP contribution in [0.1, 0.15) is 64.5 Å². The van der Waals surface area contributed by atoms with Gasteiger partial charge in [-0.2, -0.15) is 11.8 Å². The summed E-state index contributed by atoms with van der Waals surface area (Å²) in [5, 5.41) is 0. The summed E-state index contributed by atoms with van der Waals surface area (Å²) < 4.78 is 16.6. The molecule has 2 rings (SSSR count). The summed E-state index contributed by atoms with van der Waals surface area (Å²) >= 11 is 1.37. The van der Waals surface area contributed by atoms with Gasteiger partial charge in [0.05, 0.1) is 0 Å². The molecule has 2 aromatic carbocycles. The van der Waals surface area contributed by atoms with Gasteiger partial charge in [-0.05, 0) is 34.1 Å². The number of hydrogen-bond donors (Lipinski definition) is 0. The topological polar surface area (TPSA) is 0 Å². The zero-order valence-corrected chi connectivity index (χ0v) is 14.2. The maximum Gasteiger partial charge on any atom is 0.0431 e. The molecular weight excluding hydrogens is 272 g/mol. The molecule has 1 heteroatoms. The van der Waals surface area contributed by atoms with Gasteiger partial charge in [0.1, 0.15) is 0 Å². The van der Waals surface area contributed by atoms with Crippen molar-refractivity contribution < 1.29 is 2.74 Å². The molecule has 112 valence electrons. The lowest BCUT2D eigenvalue weighted by Gasteiger charge is -2.08. The van der Waals surface area contributed by atoms with E-state index in [9.17, 15) is 0 Å². The standard InChI is InChI=1S/C20H26S/c1-15(2)19-9-5-17(6-10-19)13-21-14-18-7-11-20(12-8-18)16(3)4/h5-12,15-16H,13-14H2,1-4H3/i13D,14D. The lowest BCUT2D eigenvalue weighted by Crippen LogP contribution is -1.90. The molecule has 0 aromatic heterocycles. The molecule has 0 aliphatic carbocycles. The van der Waals surface area contributed by atoms with E-state index in [0.717, 1.165) is 11.1 Å². The Morgan fingerprint density at radius 3 is 1.33 bits per heavy atom. The second-order valence-corrected chi connectivity index (χ2v) is 6.76. The van der Waals surface area contributed by atoms with Crippen molar-refractivity contribution in [2.45, 2.75) is 51.0 Å². The number of benzene rings is 2. The van der Waals surface area contributed by atoms with Crippen molar-refractivity contribution in [1.29, 1.82) is 0 Å². The molecule has 2 aromatic rings. The Morgan fingerprint density at radius 2 is 1.05 bits per heavy atom. The van der Waals surface area contributed by atoms with Gasteiger partial charge >= 0.3 is 0 Å². The minimum Gasteiger partial charge on any atom is -0.152 e. The third kappa shape index (κ3) is 4.93. The molecule has 0 fully saturated rings. The summed E-state index contributed by atoms with van der Waals surface area (Å²) in [7, 11) is 0. The van der Waals surface area contributed by atoms with Gasteiger partial charge in [-0.15, -0.1) is 0 Å². The monoisotopic (exact) mass is 300 g/mol. The normalized spacial score (nSPS) is 15.7. The average Bonchev–Trinajstić information content (AvgIpc) is 2.54. The zero-order valence-electron chi connectivity index (χ0n) is 15.3. The van der Waals surface area contributed by atoms with Crippen LogP contribution in [0.25, 0.3) is 0 Å². The molecule has 0 saturated carbocycles. The Balaban J connectivity index is 2.02. The number of thioether (sulfide) groups is 1. The molecule has 0 nitrogen and oxygen atoms in total. The van der Waals surface area contributed by atoms with E-state index in [-0.39, 0.29) is 0 Å². The van der Waals surface area contributed by atoms with Gasteiger partial charge in [-0.3, -0.25) is 0 Å². The molecule has 0 spiro atoms. The van der Waals surface area contributed by atoms with Crippen molar-refractivity contribution in [3.8, 4) is 0 Å². The van der Waals surface area contributed by atoms with Crippen LogP contribution in [0.3, 0.4) is 0 Å². The molecule has 0 bridgehead atoms. The Bertz CT molecular complexity index is 547. The van der Waals surface area contributed by atoms with E-state index in [4.69, 9.17) is 2.74 Å². The first-order chi connectivity index (χ1) is 10.9. The summed E-state index contributed by atoms with van der Waals surface area (Å²) in [6.45, 7) is 8.68. The summed E-state index contributed by atoms with van der Waals surface area (Å²) in [4.78, 5) is 0. The summed E-state index contributed by atoms with van der Waals surface area (Å²) in [5.41, 5.74) is 3.66.